The average molecular weight is 320 g/mol. The lowest BCUT2D eigenvalue weighted by molar-refractivity contribution is 0.178. The molecule has 0 radical (unpaired) electrons. The normalized spacial score (nSPS) is 25.1. The van der Waals surface area contributed by atoms with Crippen molar-refractivity contribution in [3.05, 3.63) is 28.7 Å². The fraction of sp³-hybridized carbons (Fsp3) is 0.455. The minimum absolute atomic E-state index is 0.258. The van der Waals surface area contributed by atoms with Crippen molar-refractivity contribution in [2.45, 2.75) is 23.8 Å². The number of ether oxygens (including phenoxy) is 1. The summed E-state index contributed by atoms with van der Waals surface area (Å²) < 4.78 is 32.9. The Balaban J connectivity index is 2.28. The molecule has 0 saturated carbocycles. The van der Waals surface area contributed by atoms with Crippen LogP contribution >= 0.6 is 15.9 Å². The van der Waals surface area contributed by atoms with Crippen LogP contribution in [0, 0.1) is 0 Å². The van der Waals surface area contributed by atoms with Crippen LogP contribution < -0.4 is 4.72 Å². The number of benzene rings is 1. The lowest BCUT2D eigenvalue weighted by atomic mass is 10.0. The molecule has 1 aromatic carbocycles. The molecule has 1 saturated heterocycles. The van der Waals surface area contributed by atoms with Crippen LogP contribution in [0.1, 0.15) is 13.3 Å². The van der Waals surface area contributed by atoms with Gasteiger partial charge in [0.15, 0.2) is 0 Å². The smallest absolute Gasteiger partial charge is 0.242 e. The standard InChI is InChI=1S/C11H14BrNO3S/c1-11(6-7-16-8-11)13-17(14,15)10-5-3-2-4-9(10)12/h2-5,13H,6-8H2,1H3. The third-order valence-electron chi connectivity index (χ3n) is 2.73. The van der Waals surface area contributed by atoms with E-state index in [1.165, 1.54) is 0 Å². The highest BCUT2D eigenvalue weighted by molar-refractivity contribution is 9.10. The van der Waals surface area contributed by atoms with E-state index >= 15 is 0 Å². The highest BCUT2D eigenvalue weighted by atomic mass is 79.9. The van der Waals surface area contributed by atoms with Crippen molar-refractivity contribution in [1.82, 2.24) is 4.72 Å². The predicted octanol–water partition coefficient (Wildman–Crippen LogP) is 1.91. The van der Waals surface area contributed by atoms with Crippen molar-refractivity contribution < 1.29 is 13.2 Å². The molecule has 1 N–H and O–H groups in total. The second-order valence-corrected chi connectivity index (χ2v) is 6.90. The molecule has 1 atom stereocenters. The quantitative estimate of drug-likeness (QED) is 0.925. The van der Waals surface area contributed by atoms with Crippen molar-refractivity contribution in [3.8, 4) is 0 Å². The summed E-state index contributed by atoms with van der Waals surface area (Å²) in [7, 11) is -3.51. The van der Waals surface area contributed by atoms with Crippen LogP contribution in [0.15, 0.2) is 33.6 Å². The highest BCUT2D eigenvalue weighted by Crippen LogP contribution is 2.25. The Kier molecular flexibility index (Phi) is 3.58. The maximum atomic E-state index is 12.2. The largest absolute Gasteiger partial charge is 0.379 e. The third-order valence-corrected chi connectivity index (χ3v) is 5.38. The first kappa shape index (κ1) is 13.0. The first-order valence-electron chi connectivity index (χ1n) is 5.29. The zero-order chi connectivity index (χ0) is 12.5. The maximum absolute atomic E-state index is 12.2. The molecule has 0 aliphatic carbocycles. The van der Waals surface area contributed by atoms with Crippen LogP contribution in [0.4, 0.5) is 0 Å². The van der Waals surface area contributed by atoms with E-state index < -0.39 is 15.6 Å². The second-order valence-electron chi connectivity index (χ2n) is 4.40. The summed E-state index contributed by atoms with van der Waals surface area (Å²) in [5.74, 6) is 0. The molecule has 0 spiro atoms. The Bertz CT molecular complexity index is 509. The molecule has 2 rings (SSSR count). The van der Waals surface area contributed by atoms with E-state index in [4.69, 9.17) is 4.74 Å². The fourth-order valence-corrected chi connectivity index (χ4v) is 4.22. The van der Waals surface area contributed by atoms with E-state index in [1.807, 2.05) is 6.92 Å². The SMILES string of the molecule is CC1(NS(=O)(=O)c2ccccc2Br)CCOC1. The van der Waals surface area contributed by atoms with E-state index in [0.29, 0.717) is 24.1 Å². The van der Waals surface area contributed by atoms with Crippen LogP contribution in [0.25, 0.3) is 0 Å². The zero-order valence-electron chi connectivity index (χ0n) is 9.44. The number of hydrogen-bond donors (Lipinski definition) is 1. The van der Waals surface area contributed by atoms with Crippen LogP contribution in [0.2, 0.25) is 0 Å². The van der Waals surface area contributed by atoms with Gasteiger partial charge >= 0.3 is 0 Å². The van der Waals surface area contributed by atoms with Gasteiger partial charge in [0.2, 0.25) is 10.0 Å². The summed E-state index contributed by atoms with van der Waals surface area (Å²) in [5, 5.41) is 0. The number of nitrogens with one attached hydrogen (secondary N) is 1. The van der Waals surface area contributed by atoms with Crippen LogP contribution in [0.3, 0.4) is 0 Å². The molecule has 17 heavy (non-hydrogen) atoms. The maximum Gasteiger partial charge on any atom is 0.242 e. The molecule has 1 aliphatic rings. The molecule has 6 heteroatoms. The van der Waals surface area contributed by atoms with Crippen molar-refractivity contribution in [2.24, 2.45) is 0 Å². The first-order chi connectivity index (χ1) is 7.93. The summed E-state index contributed by atoms with van der Waals surface area (Å²) in [6.45, 7) is 2.86. The van der Waals surface area contributed by atoms with Gasteiger partial charge in [0.25, 0.3) is 0 Å². The lowest BCUT2D eigenvalue weighted by Gasteiger charge is -2.23. The number of sulfonamides is 1. The van der Waals surface area contributed by atoms with E-state index in [2.05, 4.69) is 20.7 Å². The highest BCUT2D eigenvalue weighted by Gasteiger charge is 2.35. The topological polar surface area (TPSA) is 55.4 Å². The summed E-state index contributed by atoms with van der Waals surface area (Å²) in [6.07, 6.45) is 0.691. The third kappa shape index (κ3) is 2.88. The number of rotatable bonds is 3. The Morgan fingerprint density at radius 3 is 2.71 bits per heavy atom. The van der Waals surface area contributed by atoms with Crippen LogP contribution in [-0.2, 0) is 14.8 Å². The molecule has 1 aromatic rings. The minimum Gasteiger partial charge on any atom is -0.379 e. The molecule has 1 fully saturated rings. The molecule has 0 aromatic heterocycles. The van der Waals surface area contributed by atoms with Crippen LogP contribution in [0.5, 0.6) is 0 Å². The molecular formula is C11H14BrNO3S. The molecule has 1 unspecified atom stereocenters. The van der Waals surface area contributed by atoms with Crippen molar-refractivity contribution >= 4 is 26.0 Å². The molecular weight excluding hydrogens is 306 g/mol. The Morgan fingerprint density at radius 1 is 1.41 bits per heavy atom. The van der Waals surface area contributed by atoms with Gasteiger partial charge in [-0.05, 0) is 41.4 Å². The minimum atomic E-state index is -3.51. The van der Waals surface area contributed by atoms with Gasteiger partial charge in [0.1, 0.15) is 0 Å². The van der Waals surface area contributed by atoms with Crippen molar-refractivity contribution in [2.75, 3.05) is 13.2 Å². The van der Waals surface area contributed by atoms with Gasteiger partial charge in [0.05, 0.1) is 17.0 Å². The second kappa shape index (κ2) is 4.68. The molecule has 0 bridgehead atoms. The van der Waals surface area contributed by atoms with E-state index in [0.717, 1.165) is 0 Å². The molecule has 1 aliphatic heterocycles. The molecule has 4 nitrogen and oxygen atoms in total. The van der Waals surface area contributed by atoms with Gasteiger partial charge in [-0.15, -0.1) is 0 Å². The Labute approximate surface area is 110 Å². The van der Waals surface area contributed by atoms with Gasteiger partial charge in [0, 0.05) is 11.1 Å². The average Bonchev–Trinajstić information content (AvgIpc) is 2.64. The van der Waals surface area contributed by atoms with Crippen molar-refractivity contribution in [1.29, 1.82) is 0 Å². The summed E-state index contributed by atoms with van der Waals surface area (Å²) in [4.78, 5) is 0.258. The Morgan fingerprint density at radius 2 is 2.12 bits per heavy atom. The van der Waals surface area contributed by atoms with Crippen LogP contribution in [-0.4, -0.2) is 27.2 Å². The molecule has 1 heterocycles. The summed E-state index contributed by atoms with van der Waals surface area (Å²) in [6, 6.07) is 6.77. The van der Waals surface area contributed by atoms with Gasteiger partial charge < -0.3 is 4.74 Å². The summed E-state index contributed by atoms with van der Waals surface area (Å²) in [5.41, 5.74) is -0.506. The van der Waals surface area contributed by atoms with Gasteiger partial charge in [-0.25, -0.2) is 13.1 Å². The zero-order valence-corrected chi connectivity index (χ0v) is 11.8. The monoisotopic (exact) mass is 319 g/mol. The van der Waals surface area contributed by atoms with Gasteiger partial charge in [-0.2, -0.15) is 0 Å². The fourth-order valence-electron chi connectivity index (χ4n) is 1.79. The molecule has 94 valence electrons. The van der Waals surface area contributed by atoms with E-state index in [1.54, 1.807) is 24.3 Å². The van der Waals surface area contributed by atoms with E-state index in [9.17, 15) is 8.42 Å². The number of hydrogen-bond acceptors (Lipinski definition) is 3. The summed E-state index contributed by atoms with van der Waals surface area (Å²) >= 11 is 3.25. The number of halogens is 1. The van der Waals surface area contributed by atoms with Gasteiger partial charge in [-0.1, -0.05) is 12.1 Å². The first-order valence-corrected chi connectivity index (χ1v) is 7.57. The molecule has 0 amide bonds. The van der Waals surface area contributed by atoms with Gasteiger partial charge in [-0.3, -0.25) is 0 Å². The van der Waals surface area contributed by atoms with E-state index in [-0.39, 0.29) is 4.90 Å². The van der Waals surface area contributed by atoms with Crippen molar-refractivity contribution in [3.63, 3.8) is 0 Å². The lowest BCUT2D eigenvalue weighted by Crippen LogP contribution is -2.46. The predicted molar refractivity (Wildman–Crippen MR) is 68.3 cm³/mol. The Hall–Kier alpha value is -0.430.